The van der Waals surface area contributed by atoms with Crippen molar-refractivity contribution < 1.29 is 28.6 Å². The summed E-state index contributed by atoms with van der Waals surface area (Å²) in [6.07, 6.45) is 77.2. The van der Waals surface area contributed by atoms with Crippen LogP contribution in [-0.2, 0) is 28.6 Å². The Bertz CT molecular complexity index is 1140. The first kappa shape index (κ1) is 74.4. The van der Waals surface area contributed by atoms with Gasteiger partial charge in [0, 0.05) is 19.3 Å². The molecule has 76 heavy (non-hydrogen) atoms. The Labute approximate surface area is 476 Å². The fourth-order valence-electron chi connectivity index (χ4n) is 11.1. The molecule has 452 valence electrons. The molecule has 0 aliphatic carbocycles. The molecule has 0 rings (SSSR count). The van der Waals surface area contributed by atoms with Gasteiger partial charge in [0.15, 0.2) is 6.10 Å². The van der Waals surface area contributed by atoms with E-state index in [0.717, 1.165) is 57.8 Å². The zero-order valence-corrected chi connectivity index (χ0v) is 52.1. The lowest BCUT2D eigenvalue weighted by atomic mass is 10.0. The molecule has 0 radical (unpaired) electrons. The number of hydrogen-bond acceptors (Lipinski definition) is 6. The molecule has 6 heteroatoms. The first-order valence-corrected chi connectivity index (χ1v) is 35.0. The Hall–Kier alpha value is -1.59. The molecule has 0 fully saturated rings. The number of rotatable bonds is 66. The first-order chi connectivity index (χ1) is 37.5. The Kier molecular flexibility index (Phi) is 64.5. The van der Waals surface area contributed by atoms with Crippen LogP contribution in [0.15, 0.2) is 0 Å². The minimum Gasteiger partial charge on any atom is -0.462 e. The number of carbonyl (C=O) groups is 3. The monoisotopic (exact) mass is 1070 g/mol. The van der Waals surface area contributed by atoms with Gasteiger partial charge in [0.1, 0.15) is 13.2 Å². The molecule has 0 heterocycles. The highest BCUT2D eigenvalue weighted by Crippen LogP contribution is 2.19. The van der Waals surface area contributed by atoms with Gasteiger partial charge in [0.05, 0.1) is 0 Å². The molecule has 0 aromatic rings. The molecule has 0 saturated heterocycles. The van der Waals surface area contributed by atoms with E-state index in [0.29, 0.717) is 19.3 Å². The van der Waals surface area contributed by atoms with Crippen LogP contribution in [0.5, 0.6) is 0 Å². The summed E-state index contributed by atoms with van der Waals surface area (Å²) in [5.74, 6) is -0.825. The Balaban J connectivity index is 4.12. The van der Waals surface area contributed by atoms with Crippen LogP contribution in [0.4, 0.5) is 0 Å². The predicted molar refractivity (Wildman–Crippen MR) is 330 cm³/mol. The van der Waals surface area contributed by atoms with E-state index in [2.05, 4.69) is 20.8 Å². The minimum atomic E-state index is -0.762. The second-order valence-electron chi connectivity index (χ2n) is 24.2. The van der Waals surface area contributed by atoms with Crippen molar-refractivity contribution in [1.82, 2.24) is 0 Å². The maximum atomic E-state index is 12.9. The van der Waals surface area contributed by atoms with Crippen molar-refractivity contribution in [3.8, 4) is 0 Å². The van der Waals surface area contributed by atoms with Crippen LogP contribution in [0.2, 0.25) is 0 Å². The molecule has 0 saturated carbocycles. The Morgan fingerprint density at radius 2 is 0.355 bits per heavy atom. The number of carbonyl (C=O) groups excluding carboxylic acids is 3. The summed E-state index contributed by atoms with van der Waals surface area (Å²) in [6.45, 7) is 6.73. The molecule has 0 aliphatic rings. The summed E-state index contributed by atoms with van der Waals surface area (Å²) in [5.41, 5.74) is 0. The standard InChI is InChI=1S/C70H136O6/c1-4-7-10-13-16-19-22-24-26-28-30-32-34-36-38-40-42-44-46-48-51-54-57-60-63-69(72)75-66-67(65-74-68(71)62-59-56-53-50-21-18-15-12-9-6-3)76-70(73)64-61-58-55-52-49-47-45-43-41-39-37-35-33-31-29-27-25-23-20-17-14-11-8-5-2/h67H,4-66H2,1-3H3. The van der Waals surface area contributed by atoms with Gasteiger partial charge < -0.3 is 14.2 Å². The van der Waals surface area contributed by atoms with Gasteiger partial charge in [0.25, 0.3) is 0 Å². The summed E-state index contributed by atoms with van der Waals surface area (Å²) >= 11 is 0. The molecule has 0 aromatic heterocycles. The second kappa shape index (κ2) is 65.9. The zero-order valence-electron chi connectivity index (χ0n) is 52.1. The van der Waals surface area contributed by atoms with Gasteiger partial charge in [-0.05, 0) is 19.3 Å². The van der Waals surface area contributed by atoms with E-state index >= 15 is 0 Å². The molecule has 1 atom stereocenters. The van der Waals surface area contributed by atoms with Gasteiger partial charge in [0.2, 0.25) is 0 Å². The van der Waals surface area contributed by atoms with Crippen LogP contribution in [0.1, 0.15) is 412 Å². The van der Waals surface area contributed by atoms with Gasteiger partial charge in [-0.25, -0.2) is 0 Å². The third kappa shape index (κ3) is 63.2. The minimum absolute atomic E-state index is 0.0606. The van der Waals surface area contributed by atoms with E-state index < -0.39 is 6.10 Å². The molecular weight excluding hydrogens is 937 g/mol. The highest BCUT2D eigenvalue weighted by Gasteiger charge is 2.19. The third-order valence-corrected chi connectivity index (χ3v) is 16.4. The lowest BCUT2D eigenvalue weighted by Crippen LogP contribution is -2.30. The summed E-state index contributed by atoms with van der Waals surface area (Å²) in [7, 11) is 0. The molecule has 1 unspecified atom stereocenters. The summed E-state index contributed by atoms with van der Waals surface area (Å²) in [6, 6.07) is 0. The second-order valence-corrected chi connectivity index (χ2v) is 24.2. The average molecular weight is 1070 g/mol. The Morgan fingerprint density at radius 3 is 0.526 bits per heavy atom. The average Bonchev–Trinajstić information content (AvgIpc) is 3.42. The quantitative estimate of drug-likeness (QED) is 0.0343. The number of unbranched alkanes of at least 4 members (excludes halogenated alkanes) is 55. The summed E-state index contributed by atoms with van der Waals surface area (Å²) in [4.78, 5) is 38.3. The van der Waals surface area contributed by atoms with Gasteiger partial charge >= 0.3 is 17.9 Å². The van der Waals surface area contributed by atoms with E-state index in [9.17, 15) is 14.4 Å². The van der Waals surface area contributed by atoms with E-state index in [-0.39, 0.29) is 31.1 Å². The highest BCUT2D eigenvalue weighted by atomic mass is 16.6. The van der Waals surface area contributed by atoms with Crippen molar-refractivity contribution in [2.45, 2.75) is 419 Å². The number of ether oxygens (including phenoxy) is 3. The van der Waals surface area contributed by atoms with Crippen molar-refractivity contribution in [2.75, 3.05) is 13.2 Å². The molecule has 0 bridgehead atoms. The molecular formula is C70H136O6. The normalized spacial score (nSPS) is 11.9. The summed E-state index contributed by atoms with van der Waals surface area (Å²) in [5, 5.41) is 0. The van der Waals surface area contributed by atoms with Crippen LogP contribution in [0.3, 0.4) is 0 Å². The van der Waals surface area contributed by atoms with Gasteiger partial charge in [-0.1, -0.05) is 374 Å². The molecule has 0 aliphatic heterocycles. The predicted octanol–water partition coefficient (Wildman–Crippen LogP) is 23.8. The maximum Gasteiger partial charge on any atom is 0.306 e. The largest absolute Gasteiger partial charge is 0.462 e. The van der Waals surface area contributed by atoms with Crippen molar-refractivity contribution >= 4 is 17.9 Å². The Morgan fingerprint density at radius 1 is 0.211 bits per heavy atom. The van der Waals surface area contributed by atoms with Crippen molar-refractivity contribution in [3.63, 3.8) is 0 Å². The molecule has 0 spiro atoms. The van der Waals surface area contributed by atoms with E-state index in [4.69, 9.17) is 14.2 Å². The first-order valence-electron chi connectivity index (χ1n) is 35.0. The van der Waals surface area contributed by atoms with Crippen LogP contribution < -0.4 is 0 Å². The number of hydrogen-bond donors (Lipinski definition) is 0. The van der Waals surface area contributed by atoms with Gasteiger partial charge in [-0.3, -0.25) is 14.4 Å². The topological polar surface area (TPSA) is 78.9 Å². The smallest absolute Gasteiger partial charge is 0.306 e. The molecule has 0 aromatic carbocycles. The van der Waals surface area contributed by atoms with Gasteiger partial charge in [-0.15, -0.1) is 0 Å². The van der Waals surface area contributed by atoms with E-state index in [1.807, 2.05) is 0 Å². The highest BCUT2D eigenvalue weighted by molar-refractivity contribution is 5.71. The lowest BCUT2D eigenvalue weighted by Gasteiger charge is -2.18. The maximum absolute atomic E-state index is 12.9. The fraction of sp³-hybridized carbons (Fsp3) is 0.957. The van der Waals surface area contributed by atoms with Crippen LogP contribution in [0.25, 0.3) is 0 Å². The van der Waals surface area contributed by atoms with Crippen molar-refractivity contribution in [2.24, 2.45) is 0 Å². The fourth-order valence-corrected chi connectivity index (χ4v) is 11.1. The SMILES string of the molecule is CCCCCCCCCCCCCCCCCCCCCCCCCCC(=O)OCC(COC(=O)CCCCCCCCCCCC)OC(=O)CCCCCCCCCCCCCCCCCCCCCCCCCC. The molecule has 0 N–H and O–H groups in total. The lowest BCUT2D eigenvalue weighted by molar-refractivity contribution is -0.167. The third-order valence-electron chi connectivity index (χ3n) is 16.4. The van der Waals surface area contributed by atoms with Crippen LogP contribution in [-0.4, -0.2) is 37.2 Å². The van der Waals surface area contributed by atoms with E-state index in [1.165, 1.54) is 315 Å². The zero-order chi connectivity index (χ0) is 55.0. The van der Waals surface area contributed by atoms with E-state index in [1.54, 1.807) is 0 Å². The summed E-state index contributed by atoms with van der Waals surface area (Å²) < 4.78 is 17.0. The van der Waals surface area contributed by atoms with Crippen molar-refractivity contribution in [1.29, 1.82) is 0 Å². The van der Waals surface area contributed by atoms with Crippen molar-refractivity contribution in [3.05, 3.63) is 0 Å². The molecule has 0 amide bonds. The number of esters is 3. The molecule has 6 nitrogen and oxygen atoms in total. The van der Waals surface area contributed by atoms with Crippen LogP contribution in [0, 0.1) is 0 Å². The van der Waals surface area contributed by atoms with Crippen LogP contribution >= 0.6 is 0 Å². The van der Waals surface area contributed by atoms with Gasteiger partial charge in [-0.2, -0.15) is 0 Å².